The summed E-state index contributed by atoms with van der Waals surface area (Å²) in [5, 5.41) is 7.92. The van der Waals surface area contributed by atoms with Crippen LogP contribution < -0.4 is 5.32 Å². The number of sulfone groups is 1. The van der Waals surface area contributed by atoms with Gasteiger partial charge in [-0.3, -0.25) is 9.48 Å². The van der Waals surface area contributed by atoms with Crippen LogP contribution in [0.2, 0.25) is 0 Å². The van der Waals surface area contributed by atoms with Gasteiger partial charge in [0.25, 0.3) is 5.91 Å². The fraction of sp³-hybridized carbons (Fsp3) is 0.500. The van der Waals surface area contributed by atoms with Crippen molar-refractivity contribution in [2.45, 2.75) is 13.3 Å². The maximum Gasteiger partial charge on any atom is 0.252 e. The molecular weight excluding hydrogens is 304 g/mol. The largest absolute Gasteiger partial charge is 0.352 e. The van der Waals surface area contributed by atoms with E-state index >= 15 is 0 Å². The molecule has 0 aromatic carbocycles. The number of pyridine rings is 1. The highest BCUT2D eigenvalue weighted by Gasteiger charge is 2.28. The van der Waals surface area contributed by atoms with Crippen LogP contribution >= 0.6 is 0 Å². The number of rotatable bonds is 3. The lowest BCUT2D eigenvalue weighted by atomic mass is 10.1. The maximum absolute atomic E-state index is 12.2. The number of carbonyl (C=O) groups is 1. The molecule has 22 heavy (non-hydrogen) atoms. The van der Waals surface area contributed by atoms with E-state index in [0.717, 1.165) is 16.7 Å². The Hall–Kier alpha value is -1.96. The van der Waals surface area contributed by atoms with Gasteiger partial charge in [-0.05, 0) is 25.3 Å². The summed E-state index contributed by atoms with van der Waals surface area (Å²) in [6.45, 7) is 2.25. The van der Waals surface area contributed by atoms with Gasteiger partial charge in [0.05, 0.1) is 22.8 Å². The number of hydrogen-bond donors (Lipinski definition) is 1. The summed E-state index contributed by atoms with van der Waals surface area (Å²) in [6.07, 6.45) is 2.13. The molecule has 1 amide bonds. The molecule has 3 rings (SSSR count). The zero-order valence-electron chi connectivity index (χ0n) is 12.5. The monoisotopic (exact) mass is 322 g/mol. The van der Waals surface area contributed by atoms with Gasteiger partial charge in [-0.2, -0.15) is 5.10 Å². The standard InChI is InChI=1S/C14H18N4O3S/c1-9-12-5-11(7-15-13(12)18(2)17-9)14(19)16-6-10-3-4-22(20,21)8-10/h5,7,10H,3-4,6,8H2,1-2H3,(H,16,19)/t10-/m1/s1. The zero-order valence-corrected chi connectivity index (χ0v) is 13.4. The second kappa shape index (κ2) is 5.35. The fourth-order valence-electron chi connectivity index (χ4n) is 2.80. The predicted octanol–water partition coefficient (Wildman–Crippen LogP) is 0.441. The summed E-state index contributed by atoms with van der Waals surface area (Å²) >= 11 is 0. The number of fused-ring (bicyclic) bond motifs is 1. The number of hydrogen-bond acceptors (Lipinski definition) is 5. The Labute approximate surface area is 128 Å². The summed E-state index contributed by atoms with van der Waals surface area (Å²) in [6, 6.07) is 1.77. The van der Waals surface area contributed by atoms with Crippen LogP contribution in [0.3, 0.4) is 0 Å². The van der Waals surface area contributed by atoms with Gasteiger partial charge in [-0.25, -0.2) is 13.4 Å². The first-order chi connectivity index (χ1) is 10.4. The SMILES string of the molecule is Cc1nn(C)c2ncc(C(=O)NC[C@H]3CCS(=O)(=O)C3)cc12. The minimum atomic E-state index is -2.91. The molecule has 3 heterocycles. The van der Waals surface area contributed by atoms with Gasteiger partial charge in [0.2, 0.25) is 0 Å². The summed E-state index contributed by atoms with van der Waals surface area (Å²) < 4.78 is 24.5. The molecule has 1 N–H and O–H groups in total. The van der Waals surface area contributed by atoms with Crippen LogP contribution in [0.4, 0.5) is 0 Å². The summed E-state index contributed by atoms with van der Waals surface area (Å²) in [5.74, 6) is 0.148. The lowest BCUT2D eigenvalue weighted by molar-refractivity contribution is 0.0948. The predicted molar refractivity (Wildman–Crippen MR) is 82.3 cm³/mol. The third-order valence-corrected chi connectivity index (χ3v) is 5.84. The summed E-state index contributed by atoms with van der Waals surface area (Å²) in [5.41, 5.74) is 2.02. The molecular formula is C14H18N4O3S. The van der Waals surface area contributed by atoms with E-state index in [4.69, 9.17) is 0 Å². The molecule has 2 aromatic rings. The van der Waals surface area contributed by atoms with Crippen molar-refractivity contribution in [2.24, 2.45) is 13.0 Å². The van der Waals surface area contributed by atoms with E-state index in [1.54, 1.807) is 10.7 Å². The normalized spacial score (nSPS) is 20.4. The van der Waals surface area contributed by atoms with Crippen molar-refractivity contribution in [1.82, 2.24) is 20.1 Å². The van der Waals surface area contributed by atoms with Gasteiger partial charge in [0, 0.05) is 25.2 Å². The van der Waals surface area contributed by atoms with Crippen molar-refractivity contribution < 1.29 is 13.2 Å². The molecule has 0 saturated carbocycles. The average molecular weight is 322 g/mol. The van der Waals surface area contributed by atoms with Crippen molar-refractivity contribution in [3.05, 3.63) is 23.5 Å². The van der Waals surface area contributed by atoms with Crippen molar-refractivity contribution in [2.75, 3.05) is 18.1 Å². The summed E-state index contributed by atoms with van der Waals surface area (Å²) in [7, 11) is -1.11. The van der Waals surface area contributed by atoms with Gasteiger partial charge in [0.1, 0.15) is 0 Å². The number of aryl methyl sites for hydroxylation is 2. The molecule has 0 unspecified atom stereocenters. The second-order valence-corrected chi connectivity index (χ2v) is 8.01. The van der Waals surface area contributed by atoms with Crippen molar-refractivity contribution in [1.29, 1.82) is 0 Å². The van der Waals surface area contributed by atoms with Crippen LogP contribution in [-0.4, -0.2) is 47.1 Å². The van der Waals surface area contributed by atoms with Crippen molar-refractivity contribution in [3.63, 3.8) is 0 Å². The molecule has 1 aliphatic rings. The molecule has 1 fully saturated rings. The molecule has 0 radical (unpaired) electrons. The Balaban J connectivity index is 1.71. The van der Waals surface area contributed by atoms with Crippen LogP contribution in [0.25, 0.3) is 11.0 Å². The highest BCUT2D eigenvalue weighted by atomic mass is 32.2. The molecule has 8 heteroatoms. The third kappa shape index (κ3) is 2.83. The van der Waals surface area contributed by atoms with Crippen LogP contribution in [0.1, 0.15) is 22.5 Å². The molecule has 1 aliphatic heterocycles. The number of amides is 1. The third-order valence-electron chi connectivity index (χ3n) is 4.00. The van der Waals surface area contributed by atoms with Crippen molar-refractivity contribution in [3.8, 4) is 0 Å². The van der Waals surface area contributed by atoms with E-state index in [2.05, 4.69) is 15.4 Å². The number of carbonyl (C=O) groups excluding carboxylic acids is 1. The number of nitrogens with zero attached hydrogens (tertiary/aromatic N) is 3. The molecule has 7 nitrogen and oxygen atoms in total. The van der Waals surface area contributed by atoms with Crippen LogP contribution in [-0.2, 0) is 16.9 Å². The number of nitrogens with one attached hydrogen (secondary N) is 1. The smallest absolute Gasteiger partial charge is 0.252 e. The highest BCUT2D eigenvalue weighted by molar-refractivity contribution is 7.91. The molecule has 2 aromatic heterocycles. The van der Waals surface area contributed by atoms with E-state index in [1.165, 1.54) is 6.20 Å². The van der Waals surface area contributed by atoms with Crippen molar-refractivity contribution >= 4 is 26.8 Å². The Kier molecular flexibility index (Phi) is 3.64. The first-order valence-corrected chi connectivity index (χ1v) is 8.96. The van der Waals surface area contributed by atoms with Gasteiger partial charge in [-0.1, -0.05) is 0 Å². The van der Waals surface area contributed by atoms with Gasteiger partial charge >= 0.3 is 0 Å². The van der Waals surface area contributed by atoms with E-state index in [1.807, 2.05) is 14.0 Å². The highest BCUT2D eigenvalue weighted by Crippen LogP contribution is 2.18. The fourth-order valence-corrected chi connectivity index (χ4v) is 4.67. The van der Waals surface area contributed by atoms with E-state index in [9.17, 15) is 13.2 Å². The first kappa shape index (κ1) is 15.0. The minimum Gasteiger partial charge on any atom is -0.352 e. The number of aromatic nitrogens is 3. The molecule has 0 spiro atoms. The van der Waals surface area contributed by atoms with Gasteiger partial charge in [-0.15, -0.1) is 0 Å². The Morgan fingerprint density at radius 2 is 2.27 bits per heavy atom. The topological polar surface area (TPSA) is 93.9 Å². The van der Waals surface area contributed by atoms with Crippen LogP contribution in [0.5, 0.6) is 0 Å². The lowest BCUT2D eigenvalue weighted by Crippen LogP contribution is -2.29. The van der Waals surface area contributed by atoms with Crippen LogP contribution in [0.15, 0.2) is 12.3 Å². The Morgan fingerprint density at radius 3 is 2.95 bits per heavy atom. The molecule has 118 valence electrons. The molecule has 0 aliphatic carbocycles. The lowest BCUT2D eigenvalue weighted by Gasteiger charge is -2.09. The Morgan fingerprint density at radius 1 is 1.50 bits per heavy atom. The maximum atomic E-state index is 12.2. The van der Waals surface area contributed by atoms with E-state index in [0.29, 0.717) is 18.5 Å². The van der Waals surface area contributed by atoms with E-state index < -0.39 is 9.84 Å². The average Bonchev–Trinajstić information content (AvgIpc) is 2.96. The minimum absolute atomic E-state index is 0.00534. The van der Waals surface area contributed by atoms with Crippen LogP contribution in [0, 0.1) is 12.8 Å². The molecule has 0 bridgehead atoms. The molecule has 1 saturated heterocycles. The van der Waals surface area contributed by atoms with E-state index in [-0.39, 0.29) is 23.3 Å². The van der Waals surface area contributed by atoms with Gasteiger partial charge in [0.15, 0.2) is 15.5 Å². The van der Waals surface area contributed by atoms with Gasteiger partial charge < -0.3 is 5.32 Å². The summed E-state index contributed by atoms with van der Waals surface area (Å²) in [4.78, 5) is 16.5. The molecule has 1 atom stereocenters. The quantitative estimate of drug-likeness (QED) is 0.885. The first-order valence-electron chi connectivity index (χ1n) is 7.14. The zero-order chi connectivity index (χ0) is 15.9. The Bertz CT molecular complexity index is 841. The second-order valence-electron chi connectivity index (χ2n) is 5.78.